The maximum Gasteiger partial charge on any atom is 0.143 e. The number of carbonyl (C=O) groups excluding carboxylic acids is 1. The van der Waals surface area contributed by atoms with E-state index in [1.807, 2.05) is 12.3 Å². The second-order valence-corrected chi connectivity index (χ2v) is 7.68. The van der Waals surface area contributed by atoms with Gasteiger partial charge in [0.15, 0.2) is 0 Å². The number of aromatic amines is 1. The van der Waals surface area contributed by atoms with E-state index in [0.717, 1.165) is 23.8 Å². The largest absolute Gasteiger partial charge is 0.361 e. The number of aromatic nitrogens is 1. The molecule has 2 aromatic rings. The maximum atomic E-state index is 11.1. The number of nitrogens with one attached hydrogen (secondary N) is 1. The molecule has 130 valence electrons. The van der Waals surface area contributed by atoms with Gasteiger partial charge in [-0.05, 0) is 66.9 Å². The van der Waals surface area contributed by atoms with Crippen molar-refractivity contribution < 1.29 is 4.79 Å². The van der Waals surface area contributed by atoms with E-state index in [2.05, 4.69) is 56.1 Å². The Morgan fingerprint density at radius 1 is 1.28 bits per heavy atom. The Morgan fingerprint density at radius 3 is 2.84 bits per heavy atom. The fourth-order valence-electron chi connectivity index (χ4n) is 3.96. The Kier molecular flexibility index (Phi) is 5.08. The molecule has 0 bridgehead atoms. The van der Waals surface area contributed by atoms with Crippen LogP contribution >= 0.6 is 0 Å². The first-order valence-corrected chi connectivity index (χ1v) is 9.09. The topological polar surface area (TPSA) is 32.9 Å². The summed E-state index contributed by atoms with van der Waals surface area (Å²) < 4.78 is 0. The van der Waals surface area contributed by atoms with Crippen molar-refractivity contribution in [3.05, 3.63) is 71.0 Å². The molecule has 0 spiro atoms. The molecule has 3 rings (SSSR count). The molecule has 0 aliphatic heterocycles. The van der Waals surface area contributed by atoms with Crippen molar-refractivity contribution in [2.45, 2.75) is 46.5 Å². The van der Waals surface area contributed by atoms with Crippen LogP contribution in [-0.2, 0) is 11.2 Å². The van der Waals surface area contributed by atoms with Gasteiger partial charge in [-0.2, -0.15) is 0 Å². The summed E-state index contributed by atoms with van der Waals surface area (Å²) in [6, 6.07) is 8.29. The van der Waals surface area contributed by atoms with Gasteiger partial charge in [0, 0.05) is 17.1 Å². The van der Waals surface area contributed by atoms with Crippen molar-refractivity contribution in [1.82, 2.24) is 4.98 Å². The molecule has 2 nitrogen and oxygen atoms in total. The predicted octanol–water partition coefficient (Wildman–Crippen LogP) is 5.92. The molecule has 0 radical (unpaired) electrons. The molecule has 0 fully saturated rings. The monoisotopic (exact) mass is 333 g/mol. The molecule has 0 unspecified atom stereocenters. The highest BCUT2D eigenvalue weighted by atomic mass is 16.1. The van der Waals surface area contributed by atoms with Gasteiger partial charge in [-0.3, -0.25) is 4.79 Å². The average molecular weight is 333 g/mol. The van der Waals surface area contributed by atoms with Crippen molar-refractivity contribution in [2.24, 2.45) is 5.41 Å². The van der Waals surface area contributed by atoms with Crippen LogP contribution in [0.15, 0.2) is 65.4 Å². The summed E-state index contributed by atoms with van der Waals surface area (Å²) in [7, 11) is 0. The standard InChI is InChI=1S/C23H27NO/c1-17-7-6-13-23(2,3)21(17)11-10-18(12-14-25)15-19-16-24-22-9-5-4-8-20(19)22/h4-5,8-12,14,16,24H,6-7,13,15H2,1-3H3/b11-10+,18-12-. The number of carbonyl (C=O) groups is 1. The molecule has 0 saturated carbocycles. The second kappa shape index (κ2) is 7.26. The Bertz CT molecular complexity index is 861. The van der Waals surface area contributed by atoms with Gasteiger partial charge in [-0.15, -0.1) is 0 Å². The Balaban J connectivity index is 1.87. The lowest BCUT2D eigenvalue weighted by molar-refractivity contribution is -0.104. The number of rotatable bonds is 5. The number of para-hydroxylation sites is 1. The van der Waals surface area contributed by atoms with E-state index in [1.165, 1.54) is 41.4 Å². The Labute approximate surface area is 150 Å². The van der Waals surface area contributed by atoms with Gasteiger partial charge >= 0.3 is 0 Å². The number of fused-ring (bicyclic) bond motifs is 1. The molecular weight excluding hydrogens is 306 g/mol. The molecule has 2 heteroatoms. The van der Waals surface area contributed by atoms with Gasteiger partial charge in [0.2, 0.25) is 0 Å². The molecule has 0 amide bonds. The smallest absolute Gasteiger partial charge is 0.143 e. The lowest BCUT2D eigenvalue weighted by atomic mass is 9.72. The van der Waals surface area contributed by atoms with E-state index in [4.69, 9.17) is 0 Å². The summed E-state index contributed by atoms with van der Waals surface area (Å²) >= 11 is 0. The zero-order valence-electron chi connectivity index (χ0n) is 15.4. The Hall–Kier alpha value is -2.35. The van der Waals surface area contributed by atoms with Crippen LogP contribution in [0.1, 0.15) is 45.6 Å². The van der Waals surface area contributed by atoms with E-state index in [9.17, 15) is 4.79 Å². The van der Waals surface area contributed by atoms with Gasteiger partial charge in [0.1, 0.15) is 6.29 Å². The van der Waals surface area contributed by atoms with Crippen LogP contribution in [0.3, 0.4) is 0 Å². The van der Waals surface area contributed by atoms with Crippen molar-refractivity contribution in [1.29, 1.82) is 0 Å². The van der Waals surface area contributed by atoms with Crippen LogP contribution < -0.4 is 0 Å². The number of H-pyrrole nitrogens is 1. The van der Waals surface area contributed by atoms with E-state index < -0.39 is 0 Å². The number of hydrogen-bond acceptors (Lipinski definition) is 1. The summed E-state index contributed by atoms with van der Waals surface area (Å²) in [5.74, 6) is 0. The number of benzene rings is 1. The molecule has 0 saturated heterocycles. The van der Waals surface area contributed by atoms with Gasteiger partial charge < -0.3 is 4.98 Å². The van der Waals surface area contributed by atoms with Crippen LogP contribution in [0.5, 0.6) is 0 Å². The molecule has 1 aliphatic carbocycles. The first-order valence-electron chi connectivity index (χ1n) is 9.09. The summed E-state index contributed by atoms with van der Waals surface area (Å²) in [6.45, 7) is 6.87. The Morgan fingerprint density at radius 2 is 2.08 bits per heavy atom. The lowest BCUT2D eigenvalue weighted by Gasteiger charge is -2.33. The number of hydrogen-bond donors (Lipinski definition) is 1. The van der Waals surface area contributed by atoms with E-state index in [1.54, 1.807) is 6.08 Å². The quantitative estimate of drug-likeness (QED) is 0.411. The molecule has 1 N–H and O–H groups in total. The summed E-state index contributed by atoms with van der Waals surface area (Å²) in [5.41, 5.74) is 6.52. The number of aldehydes is 1. The minimum absolute atomic E-state index is 0.214. The zero-order valence-corrected chi connectivity index (χ0v) is 15.4. The molecule has 1 aromatic carbocycles. The van der Waals surface area contributed by atoms with Gasteiger partial charge in [-0.1, -0.05) is 49.8 Å². The van der Waals surface area contributed by atoms with Crippen LogP contribution in [0, 0.1) is 5.41 Å². The van der Waals surface area contributed by atoms with E-state index in [-0.39, 0.29) is 5.41 Å². The molecule has 1 heterocycles. The van der Waals surface area contributed by atoms with Crippen molar-refractivity contribution >= 4 is 17.2 Å². The van der Waals surface area contributed by atoms with Crippen molar-refractivity contribution in [2.75, 3.05) is 0 Å². The maximum absolute atomic E-state index is 11.1. The first-order chi connectivity index (χ1) is 12.0. The van der Waals surface area contributed by atoms with E-state index in [0.29, 0.717) is 0 Å². The predicted molar refractivity (Wildman–Crippen MR) is 106 cm³/mol. The van der Waals surface area contributed by atoms with Crippen molar-refractivity contribution in [3.8, 4) is 0 Å². The normalized spacial score (nSPS) is 18.3. The van der Waals surface area contributed by atoms with E-state index >= 15 is 0 Å². The van der Waals surface area contributed by atoms with Gasteiger partial charge in [0.05, 0.1) is 0 Å². The average Bonchev–Trinajstić information content (AvgIpc) is 2.97. The molecular formula is C23H27NO. The lowest BCUT2D eigenvalue weighted by Crippen LogP contribution is -2.19. The van der Waals surface area contributed by atoms with Gasteiger partial charge in [-0.25, -0.2) is 0 Å². The highest BCUT2D eigenvalue weighted by Crippen LogP contribution is 2.40. The minimum Gasteiger partial charge on any atom is -0.361 e. The third kappa shape index (κ3) is 3.84. The molecule has 0 atom stereocenters. The summed E-state index contributed by atoms with van der Waals surface area (Å²) in [4.78, 5) is 14.4. The summed E-state index contributed by atoms with van der Waals surface area (Å²) in [5, 5.41) is 1.22. The minimum atomic E-state index is 0.214. The number of allylic oxidation sites excluding steroid dienone is 6. The van der Waals surface area contributed by atoms with Crippen LogP contribution in [0.4, 0.5) is 0 Å². The first kappa shape index (κ1) is 17.5. The van der Waals surface area contributed by atoms with Crippen LogP contribution in [0.25, 0.3) is 10.9 Å². The molecule has 1 aromatic heterocycles. The zero-order chi connectivity index (χ0) is 17.9. The SMILES string of the molecule is CC1=C(/C=C/C(=C/C=O)Cc2c[nH]c3ccccc23)C(C)(C)CCC1. The third-order valence-corrected chi connectivity index (χ3v) is 5.36. The van der Waals surface area contributed by atoms with Gasteiger partial charge in [0.25, 0.3) is 0 Å². The summed E-state index contributed by atoms with van der Waals surface area (Å²) in [6.07, 6.45) is 13.4. The van der Waals surface area contributed by atoms with Crippen molar-refractivity contribution in [3.63, 3.8) is 0 Å². The fraction of sp³-hybridized carbons (Fsp3) is 0.348. The fourth-order valence-corrected chi connectivity index (χ4v) is 3.96. The highest BCUT2D eigenvalue weighted by molar-refractivity contribution is 5.83. The second-order valence-electron chi connectivity index (χ2n) is 7.68. The van der Waals surface area contributed by atoms with Crippen LogP contribution in [-0.4, -0.2) is 11.3 Å². The third-order valence-electron chi connectivity index (χ3n) is 5.36. The molecule has 25 heavy (non-hydrogen) atoms. The highest BCUT2D eigenvalue weighted by Gasteiger charge is 2.26. The van der Waals surface area contributed by atoms with Crippen LogP contribution in [0.2, 0.25) is 0 Å². The molecule has 1 aliphatic rings.